The van der Waals surface area contributed by atoms with Crippen LogP contribution in [0, 0.1) is 0 Å². The second-order valence-corrected chi connectivity index (χ2v) is 5.46. The first-order chi connectivity index (χ1) is 9.38. The van der Waals surface area contributed by atoms with Crippen molar-refractivity contribution in [3.8, 4) is 5.69 Å². The molecule has 1 amide bonds. The summed E-state index contributed by atoms with van der Waals surface area (Å²) < 4.78 is 1.74. The largest absolute Gasteiger partial charge is 0.389 e. The zero-order chi connectivity index (χ0) is 14.8. The first kappa shape index (κ1) is 14.3. The standard InChI is InChI=1S/C15H19N3O2/c1-15(2,20)10-17(3)14(19)13-9-16-11-18(13)12-7-5-4-6-8-12/h4-9,11,20H,10H2,1-3H3. The normalized spacial score (nSPS) is 11.4. The lowest BCUT2D eigenvalue weighted by Gasteiger charge is -2.25. The molecular weight excluding hydrogens is 254 g/mol. The van der Waals surface area contributed by atoms with Gasteiger partial charge in [0.25, 0.3) is 5.91 Å². The van der Waals surface area contributed by atoms with E-state index in [1.165, 1.54) is 11.1 Å². The monoisotopic (exact) mass is 273 g/mol. The van der Waals surface area contributed by atoms with E-state index in [2.05, 4.69) is 4.98 Å². The second-order valence-electron chi connectivity index (χ2n) is 5.46. The number of imidazole rings is 1. The van der Waals surface area contributed by atoms with Gasteiger partial charge in [0, 0.05) is 19.3 Å². The molecule has 0 saturated carbocycles. The molecule has 2 rings (SSSR count). The van der Waals surface area contributed by atoms with Crippen LogP contribution in [0.2, 0.25) is 0 Å². The number of nitrogens with zero attached hydrogens (tertiary/aromatic N) is 3. The third-order valence-corrected chi connectivity index (χ3v) is 2.86. The van der Waals surface area contributed by atoms with Crippen LogP contribution in [0.1, 0.15) is 24.3 Å². The molecule has 0 saturated heterocycles. The van der Waals surface area contributed by atoms with Crippen molar-refractivity contribution in [2.45, 2.75) is 19.4 Å². The van der Waals surface area contributed by atoms with Gasteiger partial charge in [-0.1, -0.05) is 18.2 Å². The molecule has 0 atom stereocenters. The van der Waals surface area contributed by atoms with Crippen LogP contribution in [0.4, 0.5) is 0 Å². The van der Waals surface area contributed by atoms with Crippen LogP contribution in [0.5, 0.6) is 0 Å². The summed E-state index contributed by atoms with van der Waals surface area (Å²) in [6.45, 7) is 3.60. The van der Waals surface area contributed by atoms with Gasteiger partial charge in [0.05, 0.1) is 18.1 Å². The fourth-order valence-corrected chi connectivity index (χ4v) is 2.10. The number of aliphatic hydroxyl groups is 1. The molecule has 0 bridgehead atoms. The molecule has 2 aromatic rings. The molecule has 0 aliphatic heterocycles. The smallest absolute Gasteiger partial charge is 0.272 e. The Morgan fingerprint density at radius 2 is 2.00 bits per heavy atom. The molecule has 5 heteroatoms. The van der Waals surface area contributed by atoms with Crippen molar-refractivity contribution < 1.29 is 9.90 Å². The lowest BCUT2D eigenvalue weighted by atomic mass is 10.1. The van der Waals surface area contributed by atoms with Crippen LogP contribution in [-0.4, -0.2) is 44.7 Å². The van der Waals surface area contributed by atoms with Gasteiger partial charge in [-0.2, -0.15) is 0 Å². The molecule has 1 heterocycles. The van der Waals surface area contributed by atoms with E-state index in [9.17, 15) is 9.90 Å². The van der Waals surface area contributed by atoms with Crippen molar-refractivity contribution in [3.63, 3.8) is 0 Å². The zero-order valence-electron chi connectivity index (χ0n) is 11.9. The minimum absolute atomic E-state index is 0.173. The number of hydrogen-bond donors (Lipinski definition) is 1. The van der Waals surface area contributed by atoms with Crippen LogP contribution in [0.3, 0.4) is 0 Å². The Hall–Kier alpha value is -2.14. The number of hydrogen-bond acceptors (Lipinski definition) is 3. The second kappa shape index (κ2) is 5.46. The summed E-state index contributed by atoms with van der Waals surface area (Å²) in [6, 6.07) is 9.56. The summed E-state index contributed by atoms with van der Waals surface area (Å²) in [6.07, 6.45) is 3.15. The lowest BCUT2D eigenvalue weighted by Crippen LogP contribution is -2.40. The Kier molecular flexibility index (Phi) is 3.90. The van der Waals surface area contributed by atoms with Crippen LogP contribution < -0.4 is 0 Å². The summed E-state index contributed by atoms with van der Waals surface area (Å²) in [5.41, 5.74) is 0.426. The Morgan fingerprint density at radius 1 is 1.35 bits per heavy atom. The molecule has 0 aliphatic rings. The molecular formula is C15H19N3O2. The molecule has 0 aliphatic carbocycles. The fourth-order valence-electron chi connectivity index (χ4n) is 2.10. The van der Waals surface area contributed by atoms with Gasteiger partial charge in [-0.25, -0.2) is 4.98 Å². The van der Waals surface area contributed by atoms with Crippen molar-refractivity contribution in [2.75, 3.05) is 13.6 Å². The zero-order valence-corrected chi connectivity index (χ0v) is 11.9. The average molecular weight is 273 g/mol. The van der Waals surface area contributed by atoms with Crippen molar-refractivity contribution in [3.05, 3.63) is 48.5 Å². The Balaban J connectivity index is 2.27. The summed E-state index contributed by atoms with van der Waals surface area (Å²) >= 11 is 0. The molecule has 0 fully saturated rings. The fraction of sp³-hybridized carbons (Fsp3) is 0.333. The predicted octanol–water partition coefficient (Wildman–Crippen LogP) is 1.72. The number of carbonyl (C=O) groups excluding carboxylic acids is 1. The van der Waals surface area contributed by atoms with Crippen LogP contribution in [0.25, 0.3) is 5.69 Å². The maximum Gasteiger partial charge on any atom is 0.272 e. The van der Waals surface area contributed by atoms with E-state index in [-0.39, 0.29) is 12.5 Å². The number of rotatable bonds is 4. The Bertz CT molecular complexity index is 585. The van der Waals surface area contributed by atoms with E-state index in [0.717, 1.165) is 5.69 Å². The highest BCUT2D eigenvalue weighted by Gasteiger charge is 2.22. The highest BCUT2D eigenvalue weighted by Crippen LogP contribution is 2.13. The first-order valence-corrected chi connectivity index (χ1v) is 6.44. The van der Waals surface area contributed by atoms with Gasteiger partial charge in [0.15, 0.2) is 0 Å². The van der Waals surface area contributed by atoms with Crippen LogP contribution >= 0.6 is 0 Å². The minimum Gasteiger partial charge on any atom is -0.389 e. The highest BCUT2D eigenvalue weighted by molar-refractivity contribution is 5.92. The van der Waals surface area contributed by atoms with Gasteiger partial charge in [-0.3, -0.25) is 9.36 Å². The third kappa shape index (κ3) is 3.24. The van der Waals surface area contributed by atoms with Crippen molar-refractivity contribution in [1.29, 1.82) is 0 Å². The van der Waals surface area contributed by atoms with Gasteiger partial charge in [0.2, 0.25) is 0 Å². The topological polar surface area (TPSA) is 58.4 Å². The Labute approximate surface area is 118 Å². The highest BCUT2D eigenvalue weighted by atomic mass is 16.3. The van der Waals surface area contributed by atoms with Crippen molar-refractivity contribution >= 4 is 5.91 Å². The molecule has 1 N–H and O–H groups in total. The van der Waals surface area contributed by atoms with Crippen LogP contribution in [-0.2, 0) is 0 Å². The van der Waals surface area contributed by atoms with Gasteiger partial charge in [0.1, 0.15) is 5.69 Å². The first-order valence-electron chi connectivity index (χ1n) is 6.44. The summed E-state index contributed by atoms with van der Waals surface area (Å²) in [5.74, 6) is -0.173. The number of aromatic nitrogens is 2. The summed E-state index contributed by atoms with van der Waals surface area (Å²) in [7, 11) is 1.67. The minimum atomic E-state index is -0.929. The van der Waals surface area contributed by atoms with E-state index in [1.54, 1.807) is 31.8 Å². The number of carbonyl (C=O) groups is 1. The van der Waals surface area contributed by atoms with E-state index in [4.69, 9.17) is 0 Å². The molecule has 106 valence electrons. The van der Waals surface area contributed by atoms with Crippen LogP contribution in [0.15, 0.2) is 42.9 Å². The molecule has 5 nitrogen and oxygen atoms in total. The predicted molar refractivity (Wildman–Crippen MR) is 76.8 cm³/mol. The lowest BCUT2D eigenvalue weighted by molar-refractivity contribution is 0.0363. The number of likely N-dealkylation sites (N-methyl/N-ethyl adjacent to an activating group) is 1. The average Bonchev–Trinajstić information content (AvgIpc) is 2.86. The maximum absolute atomic E-state index is 12.4. The maximum atomic E-state index is 12.4. The van der Waals surface area contributed by atoms with Gasteiger partial charge in [-0.15, -0.1) is 0 Å². The van der Waals surface area contributed by atoms with E-state index < -0.39 is 5.60 Å². The van der Waals surface area contributed by atoms with E-state index in [1.807, 2.05) is 30.3 Å². The van der Waals surface area contributed by atoms with E-state index in [0.29, 0.717) is 5.69 Å². The van der Waals surface area contributed by atoms with Gasteiger partial charge in [-0.05, 0) is 26.0 Å². The van der Waals surface area contributed by atoms with Crippen molar-refractivity contribution in [2.24, 2.45) is 0 Å². The number of amides is 1. The molecule has 20 heavy (non-hydrogen) atoms. The van der Waals surface area contributed by atoms with Crippen molar-refractivity contribution in [1.82, 2.24) is 14.5 Å². The summed E-state index contributed by atoms with van der Waals surface area (Å²) in [4.78, 5) is 18.0. The molecule has 1 aromatic carbocycles. The molecule has 1 aromatic heterocycles. The van der Waals surface area contributed by atoms with Gasteiger partial charge >= 0.3 is 0 Å². The summed E-state index contributed by atoms with van der Waals surface area (Å²) in [5, 5.41) is 9.80. The third-order valence-electron chi connectivity index (χ3n) is 2.86. The van der Waals surface area contributed by atoms with E-state index >= 15 is 0 Å². The number of para-hydroxylation sites is 1. The molecule has 0 radical (unpaired) electrons. The molecule has 0 unspecified atom stereocenters. The quantitative estimate of drug-likeness (QED) is 0.922. The Morgan fingerprint density at radius 3 is 2.60 bits per heavy atom. The van der Waals surface area contributed by atoms with Gasteiger partial charge < -0.3 is 10.0 Å². The SMILES string of the molecule is CN(CC(C)(C)O)C(=O)c1cncn1-c1ccccc1. The number of benzene rings is 1. The molecule has 0 spiro atoms.